The predicted molar refractivity (Wildman–Crippen MR) is 84.8 cm³/mol. The van der Waals surface area contributed by atoms with E-state index in [1.165, 1.54) is 0 Å². The van der Waals surface area contributed by atoms with Crippen LogP contribution in [0.1, 0.15) is 12.5 Å². The Hall–Kier alpha value is -2.21. The molecule has 6 heteroatoms. The van der Waals surface area contributed by atoms with E-state index in [9.17, 15) is 4.79 Å². The molecule has 0 aliphatic rings. The van der Waals surface area contributed by atoms with Gasteiger partial charge < -0.3 is 16.4 Å². The second-order valence-corrected chi connectivity index (χ2v) is 4.69. The zero-order chi connectivity index (χ0) is 14.5. The van der Waals surface area contributed by atoms with Crippen molar-refractivity contribution in [2.24, 2.45) is 5.73 Å². The van der Waals surface area contributed by atoms with Gasteiger partial charge in [-0.1, -0.05) is 30.4 Å². The normalized spacial score (nSPS) is 10.2. The largest absolute Gasteiger partial charge is 0.389 e. The number of para-hydroxylation sites is 1. The van der Waals surface area contributed by atoms with Crippen molar-refractivity contribution in [3.63, 3.8) is 0 Å². The van der Waals surface area contributed by atoms with E-state index in [4.69, 9.17) is 18.0 Å². The summed E-state index contributed by atoms with van der Waals surface area (Å²) in [7, 11) is 0. The smallest absolute Gasteiger partial charge is 0.239 e. The van der Waals surface area contributed by atoms with E-state index in [0.717, 1.165) is 10.9 Å². The van der Waals surface area contributed by atoms with Gasteiger partial charge >= 0.3 is 0 Å². The Kier molecular flexibility index (Phi) is 4.47. The SMILES string of the molecule is CCNC(=O)CNc1nc2ccccc2cc1C(N)=S. The summed E-state index contributed by atoms with van der Waals surface area (Å²) < 4.78 is 0. The van der Waals surface area contributed by atoms with Gasteiger partial charge in [0, 0.05) is 11.9 Å². The van der Waals surface area contributed by atoms with Crippen LogP contribution in [0.3, 0.4) is 0 Å². The number of fused-ring (bicyclic) bond motifs is 1. The van der Waals surface area contributed by atoms with Crippen LogP contribution in [0.2, 0.25) is 0 Å². The first-order valence-corrected chi connectivity index (χ1v) is 6.72. The minimum absolute atomic E-state index is 0.101. The number of nitrogens with zero attached hydrogens (tertiary/aromatic N) is 1. The Morgan fingerprint density at radius 3 is 2.85 bits per heavy atom. The molecule has 1 aromatic heterocycles. The molecule has 2 rings (SSSR count). The molecule has 0 unspecified atom stereocenters. The van der Waals surface area contributed by atoms with Gasteiger partial charge in [-0.05, 0) is 19.1 Å². The molecule has 4 N–H and O–H groups in total. The zero-order valence-corrected chi connectivity index (χ0v) is 12.0. The summed E-state index contributed by atoms with van der Waals surface area (Å²) in [5, 5.41) is 6.65. The number of nitrogens with two attached hydrogens (primary N) is 1. The fourth-order valence-corrected chi connectivity index (χ4v) is 2.02. The minimum atomic E-state index is -0.101. The van der Waals surface area contributed by atoms with Crippen molar-refractivity contribution in [3.05, 3.63) is 35.9 Å². The summed E-state index contributed by atoms with van der Waals surface area (Å²) in [4.78, 5) is 16.2. The molecule has 2 aromatic rings. The Morgan fingerprint density at radius 2 is 2.15 bits per heavy atom. The molecule has 0 saturated carbocycles. The Bertz CT molecular complexity index is 657. The number of thiocarbonyl (C=S) groups is 1. The van der Waals surface area contributed by atoms with Crippen LogP contribution < -0.4 is 16.4 Å². The van der Waals surface area contributed by atoms with Crippen LogP contribution in [0.4, 0.5) is 5.82 Å². The number of benzene rings is 1. The number of aromatic nitrogens is 1. The number of amides is 1. The lowest BCUT2D eigenvalue weighted by molar-refractivity contribution is -0.119. The summed E-state index contributed by atoms with van der Waals surface area (Å²) >= 11 is 5.04. The van der Waals surface area contributed by atoms with E-state index in [2.05, 4.69) is 15.6 Å². The topological polar surface area (TPSA) is 80.0 Å². The quantitative estimate of drug-likeness (QED) is 0.725. The van der Waals surface area contributed by atoms with Gasteiger partial charge in [0.15, 0.2) is 0 Å². The fraction of sp³-hybridized carbons (Fsp3) is 0.214. The van der Waals surface area contributed by atoms with Gasteiger partial charge in [0.25, 0.3) is 0 Å². The zero-order valence-electron chi connectivity index (χ0n) is 11.1. The van der Waals surface area contributed by atoms with Crippen molar-refractivity contribution in [2.75, 3.05) is 18.4 Å². The summed E-state index contributed by atoms with van der Waals surface area (Å²) in [6.07, 6.45) is 0. The fourth-order valence-electron chi connectivity index (χ4n) is 1.86. The highest BCUT2D eigenvalue weighted by atomic mass is 32.1. The summed E-state index contributed by atoms with van der Waals surface area (Å²) in [6.45, 7) is 2.59. The number of hydrogen-bond donors (Lipinski definition) is 3. The molecular formula is C14H16N4OS. The van der Waals surface area contributed by atoms with E-state index in [-0.39, 0.29) is 17.4 Å². The second kappa shape index (κ2) is 6.29. The van der Waals surface area contributed by atoms with Gasteiger partial charge in [-0.3, -0.25) is 4.79 Å². The van der Waals surface area contributed by atoms with E-state index in [1.807, 2.05) is 37.3 Å². The molecule has 1 amide bonds. The highest BCUT2D eigenvalue weighted by Gasteiger charge is 2.10. The summed E-state index contributed by atoms with van der Waals surface area (Å²) in [5.41, 5.74) is 7.19. The molecule has 104 valence electrons. The van der Waals surface area contributed by atoms with Crippen molar-refractivity contribution >= 4 is 39.8 Å². The molecular weight excluding hydrogens is 272 g/mol. The van der Waals surface area contributed by atoms with Crippen LogP contribution in [0.15, 0.2) is 30.3 Å². The third kappa shape index (κ3) is 3.21. The molecule has 0 atom stereocenters. The predicted octanol–water partition coefficient (Wildman–Crippen LogP) is 1.42. The number of carbonyl (C=O) groups excluding carboxylic acids is 1. The average Bonchev–Trinajstić information content (AvgIpc) is 2.44. The maximum Gasteiger partial charge on any atom is 0.239 e. The van der Waals surface area contributed by atoms with Gasteiger partial charge in [0.05, 0.1) is 17.6 Å². The molecule has 5 nitrogen and oxygen atoms in total. The number of anilines is 1. The highest BCUT2D eigenvalue weighted by Crippen LogP contribution is 2.20. The van der Waals surface area contributed by atoms with Crippen LogP contribution in [-0.2, 0) is 4.79 Å². The molecule has 0 aliphatic carbocycles. The van der Waals surface area contributed by atoms with Crippen LogP contribution in [0.5, 0.6) is 0 Å². The Morgan fingerprint density at radius 1 is 1.40 bits per heavy atom. The van der Waals surface area contributed by atoms with E-state index in [0.29, 0.717) is 17.9 Å². The number of nitrogens with one attached hydrogen (secondary N) is 2. The maximum absolute atomic E-state index is 11.5. The van der Waals surface area contributed by atoms with Crippen LogP contribution >= 0.6 is 12.2 Å². The third-order valence-corrected chi connectivity index (χ3v) is 3.00. The van der Waals surface area contributed by atoms with Crippen LogP contribution in [0, 0.1) is 0 Å². The summed E-state index contributed by atoms with van der Waals surface area (Å²) in [6, 6.07) is 9.55. The maximum atomic E-state index is 11.5. The lowest BCUT2D eigenvalue weighted by atomic mass is 10.1. The average molecular weight is 288 g/mol. The molecule has 20 heavy (non-hydrogen) atoms. The standard InChI is InChI=1S/C14H16N4OS/c1-2-16-12(19)8-17-14-10(13(15)20)7-9-5-3-4-6-11(9)18-14/h3-7H,2,8H2,1H3,(H2,15,20)(H,16,19)(H,17,18). The number of rotatable bonds is 5. The molecule has 1 aromatic carbocycles. The molecule has 0 fully saturated rings. The Labute approximate surface area is 122 Å². The number of pyridine rings is 1. The van der Waals surface area contributed by atoms with Crippen LogP contribution in [-0.4, -0.2) is 29.0 Å². The van der Waals surface area contributed by atoms with Gasteiger partial charge in [0.2, 0.25) is 5.91 Å². The molecule has 1 heterocycles. The molecule has 0 bridgehead atoms. The first-order valence-electron chi connectivity index (χ1n) is 6.32. The van der Waals surface area contributed by atoms with Gasteiger partial charge in [-0.2, -0.15) is 0 Å². The van der Waals surface area contributed by atoms with Crippen molar-refractivity contribution in [2.45, 2.75) is 6.92 Å². The minimum Gasteiger partial charge on any atom is -0.389 e. The Balaban J connectivity index is 2.32. The lowest BCUT2D eigenvalue weighted by Gasteiger charge is -2.11. The highest BCUT2D eigenvalue weighted by molar-refractivity contribution is 7.80. The number of hydrogen-bond acceptors (Lipinski definition) is 4. The van der Waals surface area contributed by atoms with Gasteiger partial charge in [0.1, 0.15) is 10.8 Å². The molecule has 0 aliphatic heterocycles. The van der Waals surface area contributed by atoms with E-state index < -0.39 is 0 Å². The third-order valence-electron chi connectivity index (χ3n) is 2.78. The van der Waals surface area contributed by atoms with Crippen LogP contribution in [0.25, 0.3) is 10.9 Å². The van der Waals surface area contributed by atoms with E-state index in [1.54, 1.807) is 0 Å². The van der Waals surface area contributed by atoms with Crippen molar-refractivity contribution < 1.29 is 4.79 Å². The van der Waals surface area contributed by atoms with Crippen molar-refractivity contribution in [1.29, 1.82) is 0 Å². The summed E-state index contributed by atoms with van der Waals surface area (Å²) in [5.74, 6) is 0.429. The molecule has 0 saturated heterocycles. The molecule has 0 radical (unpaired) electrons. The van der Waals surface area contributed by atoms with Gasteiger partial charge in [-0.25, -0.2) is 4.98 Å². The van der Waals surface area contributed by atoms with E-state index >= 15 is 0 Å². The first-order chi connectivity index (χ1) is 9.61. The van der Waals surface area contributed by atoms with Gasteiger partial charge in [-0.15, -0.1) is 0 Å². The molecule has 0 spiro atoms. The van der Waals surface area contributed by atoms with Crippen molar-refractivity contribution in [1.82, 2.24) is 10.3 Å². The monoisotopic (exact) mass is 288 g/mol. The second-order valence-electron chi connectivity index (χ2n) is 4.25. The number of carbonyl (C=O) groups is 1. The van der Waals surface area contributed by atoms with Crippen molar-refractivity contribution in [3.8, 4) is 0 Å². The lowest BCUT2D eigenvalue weighted by Crippen LogP contribution is -2.30. The first kappa shape index (κ1) is 14.2. The number of likely N-dealkylation sites (N-methyl/N-ethyl adjacent to an activating group) is 1.